The minimum Gasteiger partial charge on any atom is -0.493 e. The van der Waals surface area contributed by atoms with Gasteiger partial charge in [-0.3, -0.25) is 10.1 Å². The number of hydrogen-bond acceptors (Lipinski definition) is 7. The van der Waals surface area contributed by atoms with Crippen LogP contribution < -0.4 is 20.1 Å². The Morgan fingerprint density at radius 2 is 1.94 bits per heavy atom. The lowest BCUT2D eigenvalue weighted by atomic mass is 9.91. The molecule has 1 heterocycles. The van der Waals surface area contributed by atoms with E-state index in [1.807, 2.05) is 20.8 Å². The molecule has 1 aromatic carbocycles. The average molecular weight is 450 g/mol. The highest BCUT2D eigenvalue weighted by molar-refractivity contribution is 5.95. The number of benzene rings is 1. The molecule has 1 aromatic rings. The van der Waals surface area contributed by atoms with Crippen LogP contribution in [0.1, 0.15) is 59.1 Å². The van der Waals surface area contributed by atoms with Gasteiger partial charge in [-0.05, 0) is 37.8 Å². The third-order valence-electron chi connectivity index (χ3n) is 4.79. The molecule has 10 heteroatoms. The van der Waals surface area contributed by atoms with Crippen molar-refractivity contribution in [2.75, 3.05) is 13.7 Å². The summed E-state index contributed by atoms with van der Waals surface area (Å²) in [6, 6.07) is 1.33. The van der Waals surface area contributed by atoms with Gasteiger partial charge in [-0.1, -0.05) is 27.2 Å². The molecule has 2 rings (SSSR count). The molecule has 10 nitrogen and oxygen atoms in total. The number of nitrogens with zero attached hydrogens (tertiary/aromatic N) is 1. The van der Waals surface area contributed by atoms with Gasteiger partial charge in [0.15, 0.2) is 5.75 Å². The molecule has 1 unspecified atom stereocenters. The zero-order chi connectivity index (χ0) is 24.0. The Bertz CT molecular complexity index is 909. The standard InChI is InChI=1S/C22H31N3O7/c1-7-8-9-31-20-15(25(28)29)10-14(11-16(20)30-6)19-17(21(26)32-13(4)5)18(12(2)3)23-22(27)24-19/h10-13,19H,7-9H2,1-6H3,(H2,23,24,27). The van der Waals surface area contributed by atoms with E-state index in [1.54, 1.807) is 13.8 Å². The largest absolute Gasteiger partial charge is 0.493 e. The van der Waals surface area contributed by atoms with Gasteiger partial charge in [0, 0.05) is 11.8 Å². The smallest absolute Gasteiger partial charge is 0.338 e. The molecule has 1 aliphatic heterocycles. The number of carbonyl (C=O) groups excluding carboxylic acids is 2. The van der Waals surface area contributed by atoms with Crippen LogP contribution in [-0.4, -0.2) is 36.7 Å². The van der Waals surface area contributed by atoms with Gasteiger partial charge in [-0.25, -0.2) is 9.59 Å². The topological polar surface area (TPSA) is 129 Å². The number of nitrogens with one attached hydrogen (secondary N) is 2. The minimum absolute atomic E-state index is 0.00864. The van der Waals surface area contributed by atoms with E-state index in [1.165, 1.54) is 19.2 Å². The normalized spacial score (nSPS) is 16.0. The second kappa shape index (κ2) is 10.8. The molecule has 2 amide bonds. The van der Waals surface area contributed by atoms with Crippen LogP contribution in [0.15, 0.2) is 23.4 Å². The summed E-state index contributed by atoms with van der Waals surface area (Å²) in [5.41, 5.74) is 0.574. The lowest BCUT2D eigenvalue weighted by Gasteiger charge is -2.31. The van der Waals surface area contributed by atoms with E-state index in [2.05, 4.69) is 10.6 Å². The van der Waals surface area contributed by atoms with E-state index in [4.69, 9.17) is 14.2 Å². The lowest BCUT2D eigenvalue weighted by Crippen LogP contribution is -2.47. The van der Waals surface area contributed by atoms with Gasteiger partial charge < -0.3 is 24.8 Å². The number of nitro groups is 1. The zero-order valence-electron chi connectivity index (χ0n) is 19.3. The number of allylic oxidation sites excluding steroid dienone is 1. The predicted molar refractivity (Wildman–Crippen MR) is 118 cm³/mol. The van der Waals surface area contributed by atoms with Crippen LogP contribution in [0.4, 0.5) is 10.5 Å². The van der Waals surface area contributed by atoms with E-state index >= 15 is 0 Å². The van der Waals surface area contributed by atoms with E-state index in [9.17, 15) is 19.7 Å². The summed E-state index contributed by atoms with van der Waals surface area (Å²) in [6.45, 7) is 9.36. The molecule has 0 radical (unpaired) electrons. The van der Waals surface area contributed by atoms with Crippen molar-refractivity contribution < 1.29 is 28.7 Å². The molecule has 0 spiro atoms. The SMILES string of the molecule is CCCCOc1c(OC)cc(C2NC(=O)NC(C(C)C)=C2C(=O)OC(C)C)cc1[N+](=O)[O-]. The Labute approximate surface area is 187 Å². The van der Waals surface area contributed by atoms with Gasteiger partial charge in [0.25, 0.3) is 0 Å². The van der Waals surface area contributed by atoms with E-state index < -0.39 is 23.0 Å². The van der Waals surface area contributed by atoms with Crippen molar-refractivity contribution in [3.63, 3.8) is 0 Å². The first-order chi connectivity index (χ1) is 15.1. The van der Waals surface area contributed by atoms with Crippen molar-refractivity contribution in [3.05, 3.63) is 39.1 Å². The number of methoxy groups -OCH3 is 1. The third kappa shape index (κ3) is 5.68. The molecule has 0 fully saturated rings. The van der Waals surface area contributed by atoms with Crippen LogP contribution in [0.25, 0.3) is 0 Å². The molecule has 0 saturated carbocycles. The van der Waals surface area contributed by atoms with Gasteiger partial charge in [-0.15, -0.1) is 0 Å². The van der Waals surface area contributed by atoms with Gasteiger partial charge in [0.1, 0.15) is 0 Å². The molecule has 1 aliphatic rings. The predicted octanol–water partition coefficient (Wildman–Crippen LogP) is 4.00. The van der Waals surface area contributed by atoms with E-state index in [-0.39, 0.29) is 34.8 Å². The van der Waals surface area contributed by atoms with Crippen LogP contribution in [-0.2, 0) is 9.53 Å². The molecular weight excluding hydrogens is 418 g/mol. The summed E-state index contributed by atoms with van der Waals surface area (Å²) in [5.74, 6) is -0.673. The Morgan fingerprint density at radius 1 is 1.25 bits per heavy atom. The fourth-order valence-electron chi connectivity index (χ4n) is 3.32. The average Bonchev–Trinajstić information content (AvgIpc) is 2.72. The molecular formula is C22H31N3O7. The summed E-state index contributed by atoms with van der Waals surface area (Å²) < 4.78 is 16.4. The highest BCUT2D eigenvalue weighted by atomic mass is 16.6. The number of nitro benzene ring substituents is 1. The second-order valence-electron chi connectivity index (χ2n) is 8.00. The van der Waals surface area contributed by atoms with Crippen molar-refractivity contribution in [1.82, 2.24) is 10.6 Å². The molecule has 0 aromatic heterocycles. The molecule has 0 aliphatic carbocycles. The number of amides is 2. The highest BCUT2D eigenvalue weighted by Crippen LogP contribution is 2.42. The second-order valence-corrected chi connectivity index (χ2v) is 8.00. The first kappa shape index (κ1) is 25.0. The van der Waals surface area contributed by atoms with Crippen molar-refractivity contribution in [3.8, 4) is 11.5 Å². The zero-order valence-corrected chi connectivity index (χ0v) is 19.3. The number of hydrogen-bond donors (Lipinski definition) is 2. The van der Waals surface area contributed by atoms with Gasteiger partial charge in [-0.2, -0.15) is 0 Å². The highest BCUT2D eigenvalue weighted by Gasteiger charge is 2.37. The molecule has 176 valence electrons. The number of ether oxygens (including phenoxy) is 3. The maximum Gasteiger partial charge on any atom is 0.338 e. The number of rotatable bonds is 10. The van der Waals surface area contributed by atoms with Crippen LogP contribution in [0, 0.1) is 16.0 Å². The third-order valence-corrected chi connectivity index (χ3v) is 4.79. The number of urea groups is 1. The van der Waals surface area contributed by atoms with Gasteiger partial charge >= 0.3 is 17.7 Å². The Balaban J connectivity index is 2.67. The summed E-state index contributed by atoms with van der Waals surface area (Å²) in [6.07, 6.45) is 1.19. The molecule has 2 N–H and O–H groups in total. The van der Waals surface area contributed by atoms with Gasteiger partial charge in [0.2, 0.25) is 5.75 Å². The Hall–Kier alpha value is -3.30. The summed E-state index contributed by atoms with van der Waals surface area (Å²) in [4.78, 5) is 36.6. The van der Waals surface area contributed by atoms with Gasteiger partial charge in [0.05, 0.1) is 36.4 Å². The minimum atomic E-state index is -0.968. The van der Waals surface area contributed by atoms with Crippen LogP contribution >= 0.6 is 0 Å². The van der Waals surface area contributed by atoms with Crippen LogP contribution in [0.5, 0.6) is 11.5 Å². The van der Waals surface area contributed by atoms with Crippen LogP contribution in [0.2, 0.25) is 0 Å². The summed E-state index contributed by atoms with van der Waals surface area (Å²) in [5, 5.41) is 17.2. The number of carbonyl (C=O) groups is 2. The number of unbranched alkanes of at least 4 members (excludes halogenated alkanes) is 1. The quantitative estimate of drug-likeness (QED) is 0.239. The van der Waals surface area contributed by atoms with Crippen molar-refractivity contribution in [2.24, 2.45) is 5.92 Å². The summed E-state index contributed by atoms with van der Waals surface area (Å²) in [7, 11) is 1.37. The van der Waals surface area contributed by atoms with Crippen molar-refractivity contribution in [2.45, 2.75) is 59.6 Å². The van der Waals surface area contributed by atoms with Crippen molar-refractivity contribution >= 4 is 17.7 Å². The monoisotopic (exact) mass is 449 g/mol. The van der Waals surface area contributed by atoms with E-state index in [0.29, 0.717) is 17.9 Å². The molecule has 0 bridgehead atoms. The maximum atomic E-state index is 13.0. The molecule has 1 atom stereocenters. The maximum absolute atomic E-state index is 13.0. The van der Waals surface area contributed by atoms with Crippen LogP contribution in [0.3, 0.4) is 0 Å². The first-order valence-electron chi connectivity index (χ1n) is 10.6. The fraction of sp³-hybridized carbons (Fsp3) is 0.545. The Morgan fingerprint density at radius 3 is 2.47 bits per heavy atom. The first-order valence-corrected chi connectivity index (χ1v) is 10.6. The summed E-state index contributed by atoms with van der Waals surface area (Å²) >= 11 is 0. The van der Waals surface area contributed by atoms with Crippen molar-refractivity contribution in [1.29, 1.82) is 0 Å². The number of esters is 1. The van der Waals surface area contributed by atoms with E-state index in [0.717, 1.165) is 12.8 Å². The molecule has 0 saturated heterocycles. The fourth-order valence-corrected chi connectivity index (χ4v) is 3.32. The lowest BCUT2D eigenvalue weighted by molar-refractivity contribution is -0.386. The Kier molecular flexibility index (Phi) is 8.45. The molecule has 32 heavy (non-hydrogen) atoms.